The van der Waals surface area contributed by atoms with Gasteiger partial charge in [0.25, 0.3) is 0 Å². The number of carboxylic acid groups (broad SMARTS) is 1. The fourth-order valence-electron chi connectivity index (χ4n) is 4.59. The molecule has 2 N–H and O–H groups in total. The number of hydrogen-bond acceptors (Lipinski definition) is 4. The number of fused-ring (bicyclic) bond motifs is 3. The van der Waals surface area contributed by atoms with Crippen molar-refractivity contribution in [3.05, 3.63) is 59.7 Å². The summed E-state index contributed by atoms with van der Waals surface area (Å²) in [7, 11) is 0. The van der Waals surface area contributed by atoms with E-state index >= 15 is 0 Å². The molecule has 0 heterocycles. The summed E-state index contributed by atoms with van der Waals surface area (Å²) in [6, 6.07) is 15.3. The Bertz CT molecular complexity index is 1030. The van der Waals surface area contributed by atoms with Crippen LogP contribution in [0.15, 0.2) is 48.5 Å². The fourth-order valence-corrected chi connectivity index (χ4v) is 4.59. The lowest BCUT2D eigenvalue weighted by Crippen LogP contribution is -2.54. The molecule has 2 aromatic rings. The minimum Gasteiger partial charge on any atom is -0.480 e. The van der Waals surface area contributed by atoms with Crippen LogP contribution < -0.4 is 5.32 Å². The van der Waals surface area contributed by atoms with Crippen LogP contribution in [-0.2, 0) is 14.3 Å². The zero-order chi connectivity index (χ0) is 25.8. The number of carboxylic acids is 1. The third-order valence-corrected chi connectivity index (χ3v) is 6.40. The molecule has 2 aromatic carbocycles. The quantitative estimate of drug-likeness (QED) is 0.532. The van der Waals surface area contributed by atoms with Crippen LogP contribution in [0.4, 0.5) is 4.79 Å². The first-order chi connectivity index (χ1) is 16.5. The molecule has 35 heavy (non-hydrogen) atoms. The fraction of sp³-hybridized carbons (Fsp3) is 0.464. The molecule has 0 fully saturated rings. The number of aliphatic carboxylic acids is 1. The highest BCUT2D eigenvalue weighted by atomic mass is 16.5. The molecule has 0 unspecified atom stereocenters. The van der Waals surface area contributed by atoms with E-state index in [9.17, 15) is 19.5 Å². The molecule has 2 atom stereocenters. The number of carbonyl (C=O) groups is 3. The Morgan fingerprint density at radius 1 is 1.03 bits per heavy atom. The van der Waals surface area contributed by atoms with E-state index in [0.717, 1.165) is 22.3 Å². The monoisotopic (exact) mass is 480 g/mol. The summed E-state index contributed by atoms with van der Waals surface area (Å²) < 4.78 is 5.64. The van der Waals surface area contributed by atoms with Crippen LogP contribution in [0, 0.1) is 11.3 Å². The minimum absolute atomic E-state index is 0.0877. The van der Waals surface area contributed by atoms with E-state index in [4.69, 9.17) is 4.74 Å². The second-order valence-corrected chi connectivity index (χ2v) is 10.5. The number of amides is 2. The van der Waals surface area contributed by atoms with Gasteiger partial charge in [-0.25, -0.2) is 4.79 Å². The summed E-state index contributed by atoms with van der Waals surface area (Å²) in [5.41, 5.74) is 4.18. The molecule has 2 amide bonds. The second kappa shape index (κ2) is 10.9. The second-order valence-electron chi connectivity index (χ2n) is 10.5. The molecule has 7 heteroatoms. The number of hydrogen-bond donors (Lipinski definition) is 2. The van der Waals surface area contributed by atoms with Gasteiger partial charge in [-0.05, 0) is 33.6 Å². The van der Waals surface area contributed by atoms with Crippen LogP contribution in [0.1, 0.15) is 58.1 Å². The van der Waals surface area contributed by atoms with Crippen molar-refractivity contribution in [2.75, 3.05) is 19.7 Å². The average molecular weight is 481 g/mol. The van der Waals surface area contributed by atoms with E-state index in [-0.39, 0.29) is 30.4 Å². The van der Waals surface area contributed by atoms with E-state index in [0.29, 0.717) is 6.42 Å². The molecule has 0 bridgehead atoms. The molecule has 1 aliphatic rings. The predicted octanol–water partition coefficient (Wildman–Crippen LogP) is 4.90. The van der Waals surface area contributed by atoms with Gasteiger partial charge in [-0.15, -0.1) is 0 Å². The molecule has 7 nitrogen and oxygen atoms in total. The van der Waals surface area contributed by atoms with Gasteiger partial charge in [-0.1, -0.05) is 89.6 Å². The molecular weight excluding hydrogens is 444 g/mol. The number of ether oxygens (including phenoxy) is 1. The highest BCUT2D eigenvalue weighted by Gasteiger charge is 2.34. The molecule has 0 spiro atoms. The first kappa shape index (κ1) is 26.3. The molecule has 0 saturated carbocycles. The van der Waals surface area contributed by atoms with E-state index in [1.54, 1.807) is 0 Å². The summed E-state index contributed by atoms with van der Waals surface area (Å²) in [6.45, 7) is 9.58. The van der Waals surface area contributed by atoms with Crippen molar-refractivity contribution in [1.29, 1.82) is 0 Å². The Labute approximate surface area is 207 Å². The van der Waals surface area contributed by atoms with Crippen molar-refractivity contribution in [2.45, 2.75) is 53.0 Å². The van der Waals surface area contributed by atoms with Gasteiger partial charge < -0.3 is 20.1 Å². The van der Waals surface area contributed by atoms with E-state index in [1.165, 1.54) is 4.90 Å². The third kappa shape index (κ3) is 6.41. The number of alkyl carbamates (subject to hydrolysis) is 1. The van der Waals surface area contributed by atoms with Crippen LogP contribution in [-0.4, -0.2) is 53.7 Å². The summed E-state index contributed by atoms with van der Waals surface area (Å²) in [5, 5.41) is 12.1. The molecule has 188 valence electrons. The number of benzene rings is 2. The lowest BCUT2D eigenvalue weighted by molar-refractivity contribution is -0.146. The summed E-state index contributed by atoms with van der Waals surface area (Å²) in [4.78, 5) is 39.0. The van der Waals surface area contributed by atoms with Gasteiger partial charge in [0.1, 0.15) is 19.2 Å². The van der Waals surface area contributed by atoms with Crippen molar-refractivity contribution < 1.29 is 24.2 Å². The minimum atomic E-state index is -1.09. The molecule has 0 radical (unpaired) electrons. The summed E-state index contributed by atoms with van der Waals surface area (Å²) in [6.07, 6.45) is -0.0483. The van der Waals surface area contributed by atoms with Gasteiger partial charge in [0.2, 0.25) is 5.91 Å². The maximum atomic E-state index is 13.4. The van der Waals surface area contributed by atoms with Crippen molar-refractivity contribution in [3.63, 3.8) is 0 Å². The van der Waals surface area contributed by atoms with Crippen molar-refractivity contribution >= 4 is 18.0 Å². The van der Waals surface area contributed by atoms with Gasteiger partial charge in [0.15, 0.2) is 0 Å². The molecular formula is C28H36N2O5. The highest BCUT2D eigenvalue weighted by Crippen LogP contribution is 2.44. The normalized spacial score (nSPS) is 14.4. The van der Waals surface area contributed by atoms with Crippen molar-refractivity contribution in [2.24, 2.45) is 11.3 Å². The topological polar surface area (TPSA) is 95.9 Å². The number of nitrogens with zero attached hydrogens (tertiary/aromatic N) is 1. The van der Waals surface area contributed by atoms with Crippen LogP contribution in [0.2, 0.25) is 0 Å². The van der Waals surface area contributed by atoms with E-state index < -0.39 is 30.6 Å². The molecule has 1 aliphatic carbocycles. The Balaban J connectivity index is 1.73. The summed E-state index contributed by atoms with van der Waals surface area (Å²) >= 11 is 0. The molecule has 0 saturated heterocycles. The number of nitrogens with one attached hydrogen (secondary N) is 1. The van der Waals surface area contributed by atoms with Gasteiger partial charge in [-0.3, -0.25) is 9.59 Å². The maximum Gasteiger partial charge on any atom is 0.407 e. The Morgan fingerprint density at radius 2 is 1.57 bits per heavy atom. The smallest absolute Gasteiger partial charge is 0.407 e. The van der Waals surface area contributed by atoms with E-state index in [2.05, 4.69) is 17.4 Å². The van der Waals surface area contributed by atoms with Crippen molar-refractivity contribution in [1.82, 2.24) is 10.2 Å². The van der Waals surface area contributed by atoms with Gasteiger partial charge in [0, 0.05) is 12.5 Å². The van der Waals surface area contributed by atoms with Crippen LogP contribution in [0.3, 0.4) is 0 Å². The van der Waals surface area contributed by atoms with Crippen LogP contribution in [0.25, 0.3) is 11.1 Å². The number of rotatable bonds is 9. The Morgan fingerprint density at radius 3 is 2.06 bits per heavy atom. The highest BCUT2D eigenvalue weighted by molar-refractivity contribution is 5.88. The van der Waals surface area contributed by atoms with Gasteiger partial charge in [0.05, 0.1) is 0 Å². The van der Waals surface area contributed by atoms with Gasteiger partial charge >= 0.3 is 12.1 Å². The zero-order valence-corrected chi connectivity index (χ0v) is 21.2. The Hall–Kier alpha value is -3.35. The standard InChI is InChI=1S/C28H36N2O5/c1-6-18(2)25(26(33)30(15-24(31)32)17-28(3,4)5)29-27(34)35-16-23-21-13-9-7-11-19(21)20-12-8-10-14-22(20)23/h7-14,18,23,25H,6,15-17H2,1-5H3,(H,29,34)(H,31,32)/t18-,25-/m0/s1. The van der Waals surface area contributed by atoms with Gasteiger partial charge in [-0.2, -0.15) is 0 Å². The molecule has 0 aliphatic heterocycles. The number of carbonyl (C=O) groups excluding carboxylic acids is 2. The lowest BCUT2D eigenvalue weighted by atomic mass is 9.93. The lowest BCUT2D eigenvalue weighted by Gasteiger charge is -2.33. The first-order valence-corrected chi connectivity index (χ1v) is 12.1. The van der Waals surface area contributed by atoms with Crippen LogP contribution in [0.5, 0.6) is 0 Å². The van der Waals surface area contributed by atoms with Crippen LogP contribution >= 0.6 is 0 Å². The van der Waals surface area contributed by atoms with Crippen molar-refractivity contribution in [3.8, 4) is 11.1 Å². The SMILES string of the molecule is CC[C@H](C)[C@H](NC(=O)OCC1c2ccccc2-c2ccccc21)C(=O)N(CC(=O)O)CC(C)(C)C. The zero-order valence-electron chi connectivity index (χ0n) is 21.2. The summed E-state index contributed by atoms with van der Waals surface area (Å²) in [5.74, 6) is -1.79. The molecule has 0 aromatic heterocycles. The third-order valence-electron chi connectivity index (χ3n) is 6.40. The average Bonchev–Trinajstić information content (AvgIpc) is 3.12. The maximum absolute atomic E-state index is 13.4. The first-order valence-electron chi connectivity index (χ1n) is 12.1. The van der Waals surface area contributed by atoms with E-state index in [1.807, 2.05) is 71.0 Å². The molecule has 3 rings (SSSR count). The largest absolute Gasteiger partial charge is 0.480 e. The predicted molar refractivity (Wildman–Crippen MR) is 135 cm³/mol. The Kier molecular flexibility index (Phi) is 8.20.